The predicted molar refractivity (Wildman–Crippen MR) is 93.3 cm³/mol. The Balaban J connectivity index is 1.61. The van der Waals surface area contributed by atoms with Gasteiger partial charge in [0.2, 0.25) is 12.7 Å². The second kappa shape index (κ2) is 6.48. The number of nitrogens with zero attached hydrogens (tertiary/aromatic N) is 1. The number of allylic oxidation sites excluding steroid dienone is 2. The summed E-state index contributed by atoms with van der Waals surface area (Å²) in [5.74, 6) is 0.251. The summed E-state index contributed by atoms with van der Waals surface area (Å²) >= 11 is 0. The Bertz CT molecular complexity index is 991. The SMILES string of the molecule is CC(/C=C1\N=C(c2ccccc2F)OC1=O)=C\c1ccc2c(c1)OCO2. The van der Waals surface area contributed by atoms with Crippen molar-refractivity contribution in [2.75, 3.05) is 6.79 Å². The van der Waals surface area contributed by atoms with Crippen LogP contribution in [0.15, 0.2) is 64.8 Å². The number of hydrogen-bond donors (Lipinski definition) is 0. The van der Waals surface area contributed by atoms with E-state index in [1.54, 1.807) is 18.2 Å². The average molecular weight is 351 g/mol. The topological polar surface area (TPSA) is 57.1 Å². The van der Waals surface area contributed by atoms with Gasteiger partial charge in [0, 0.05) is 0 Å². The maximum Gasteiger partial charge on any atom is 0.363 e. The van der Waals surface area contributed by atoms with Crippen molar-refractivity contribution >= 4 is 17.9 Å². The van der Waals surface area contributed by atoms with Gasteiger partial charge in [0.25, 0.3) is 0 Å². The summed E-state index contributed by atoms with van der Waals surface area (Å²) in [4.78, 5) is 16.1. The maximum atomic E-state index is 13.8. The minimum absolute atomic E-state index is 0.0322. The molecule has 0 radical (unpaired) electrons. The molecule has 26 heavy (non-hydrogen) atoms. The number of esters is 1. The summed E-state index contributed by atoms with van der Waals surface area (Å²) in [5, 5.41) is 0. The number of benzene rings is 2. The van der Waals surface area contributed by atoms with Crippen molar-refractivity contribution in [3.05, 3.63) is 76.8 Å². The van der Waals surface area contributed by atoms with E-state index in [4.69, 9.17) is 14.2 Å². The minimum Gasteiger partial charge on any atom is -0.454 e. The molecule has 0 saturated carbocycles. The molecule has 0 unspecified atom stereocenters. The highest BCUT2D eigenvalue weighted by Gasteiger charge is 2.25. The second-order valence-electron chi connectivity index (χ2n) is 5.82. The lowest BCUT2D eigenvalue weighted by atomic mass is 10.1. The van der Waals surface area contributed by atoms with Crippen molar-refractivity contribution in [2.24, 2.45) is 4.99 Å². The highest BCUT2D eigenvalue weighted by Crippen LogP contribution is 2.33. The van der Waals surface area contributed by atoms with E-state index in [0.717, 1.165) is 11.1 Å². The molecule has 2 heterocycles. The molecule has 5 nitrogen and oxygen atoms in total. The van der Waals surface area contributed by atoms with E-state index in [9.17, 15) is 9.18 Å². The van der Waals surface area contributed by atoms with Gasteiger partial charge in [0.15, 0.2) is 17.2 Å². The molecule has 130 valence electrons. The fraction of sp³-hybridized carbons (Fsp3) is 0.100. The Hall–Kier alpha value is -3.41. The normalized spacial score (nSPS) is 17.5. The molecule has 0 fully saturated rings. The molecule has 0 N–H and O–H groups in total. The van der Waals surface area contributed by atoms with Gasteiger partial charge in [-0.3, -0.25) is 0 Å². The van der Waals surface area contributed by atoms with Crippen LogP contribution in [0.1, 0.15) is 18.1 Å². The van der Waals surface area contributed by atoms with Gasteiger partial charge in [-0.15, -0.1) is 0 Å². The Morgan fingerprint density at radius 3 is 2.81 bits per heavy atom. The van der Waals surface area contributed by atoms with E-state index in [1.165, 1.54) is 12.1 Å². The van der Waals surface area contributed by atoms with Gasteiger partial charge >= 0.3 is 5.97 Å². The number of hydrogen-bond acceptors (Lipinski definition) is 5. The molecule has 2 aromatic carbocycles. The van der Waals surface area contributed by atoms with Crippen molar-refractivity contribution in [1.82, 2.24) is 0 Å². The third kappa shape index (κ3) is 3.09. The number of cyclic esters (lactones) is 1. The molecule has 0 aromatic heterocycles. The molecule has 0 amide bonds. The number of fused-ring (bicyclic) bond motifs is 1. The van der Waals surface area contributed by atoms with Crippen LogP contribution < -0.4 is 9.47 Å². The van der Waals surface area contributed by atoms with E-state index in [0.29, 0.717) is 11.5 Å². The molecule has 4 rings (SSSR count). The fourth-order valence-electron chi connectivity index (χ4n) is 2.68. The van der Waals surface area contributed by atoms with Crippen LogP contribution in [0.2, 0.25) is 0 Å². The molecule has 0 spiro atoms. The quantitative estimate of drug-likeness (QED) is 0.623. The Labute approximate surface area is 149 Å². The van der Waals surface area contributed by atoms with Crippen LogP contribution in [0.25, 0.3) is 6.08 Å². The number of carbonyl (C=O) groups excluding carboxylic acids is 1. The van der Waals surface area contributed by atoms with E-state index >= 15 is 0 Å². The number of aliphatic imine (C=N–C) groups is 1. The zero-order valence-corrected chi connectivity index (χ0v) is 13.9. The Morgan fingerprint density at radius 1 is 1.15 bits per heavy atom. The summed E-state index contributed by atoms with van der Waals surface area (Å²) in [6, 6.07) is 11.6. The first-order valence-corrected chi connectivity index (χ1v) is 7.95. The van der Waals surface area contributed by atoms with Gasteiger partial charge in [-0.2, -0.15) is 0 Å². The first-order chi connectivity index (χ1) is 12.6. The summed E-state index contributed by atoms with van der Waals surface area (Å²) in [5.41, 5.74) is 1.96. The van der Waals surface area contributed by atoms with Crippen LogP contribution in [-0.4, -0.2) is 18.7 Å². The monoisotopic (exact) mass is 351 g/mol. The van der Waals surface area contributed by atoms with E-state index < -0.39 is 11.8 Å². The van der Waals surface area contributed by atoms with Crippen LogP contribution in [0.4, 0.5) is 4.39 Å². The van der Waals surface area contributed by atoms with Crippen molar-refractivity contribution < 1.29 is 23.4 Å². The summed E-state index contributed by atoms with van der Waals surface area (Å²) in [6.07, 6.45) is 3.47. The number of rotatable bonds is 3. The highest BCUT2D eigenvalue weighted by molar-refractivity contribution is 6.11. The van der Waals surface area contributed by atoms with Crippen molar-refractivity contribution in [1.29, 1.82) is 0 Å². The van der Waals surface area contributed by atoms with Gasteiger partial charge in [-0.1, -0.05) is 24.3 Å². The molecule has 0 bridgehead atoms. The maximum absolute atomic E-state index is 13.8. The third-order valence-electron chi connectivity index (χ3n) is 3.88. The van der Waals surface area contributed by atoms with Crippen LogP contribution in [0.3, 0.4) is 0 Å². The molecule has 6 heteroatoms. The van der Waals surface area contributed by atoms with Crippen LogP contribution in [0, 0.1) is 5.82 Å². The lowest BCUT2D eigenvalue weighted by Crippen LogP contribution is -2.07. The van der Waals surface area contributed by atoms with Gasteiger partial charge in [0.1, 0.15) is 5.82 Å². The summed E-state index contributed by atoms with van der Waals surface area (Å²) in [6.45, 7) is 2.05. The molecular formula is C20H14FNO4. The van der Waals surface area contributed by atoms with Crippen LogP contribution in [-0.2, 0) is 9.53 Å². The van der Waals surface area contributed by atoms with E-state index in [2.05, 4.69) is 4.99 Å². The summed E-state index contributed by atoms with van der Waals surface area (Å²) < 4.78 is 29.5. The number of halogens is 1. The fourth-order valence-corrected chi connectivity index (χ4v) is 2.68. The van der Waals surface area contributed by atoms with Gasteiger partial charge in [0.05, 0.1) is 5.56 Å². The molecule has 0 aliphatic carbocycles. The van der Waals surface area contributed by atoms with E-state index in [1.807, 2.05) is 31.2 Å². The minimum atomic E-state index is -0.610. The molecule has 0 saturated heterocycles. The zero-order chi connectivity index (χ0) is 18.1. The lowest BCUT2D eigenvalue weighted by Gasteiger charge is -1.99. The largest absolute Gasteiger partial charge is 0.454 e. The van der Waals surface area contributed by atoms with Crippen LogP contribution >= 0.6 is 0 Å². The van der Waals surface area contributed by atoms with Crippen LogP contribution in [0.5, 0.6) is 11.5 Å². The second-order valence-corrected chi connectivity index (χ2v) is 5.82. The molecule has 2 aliphatic heterocycles. The Morgan fingerprint density at radius 2 is 1.96 bits per heavy atom. The van der Waals surface area contributed by atoms with Crippen molar-refractivity contribution in [3.63, 3.8) is 0 Å². The van der Waals surface area contributed by atoms with Gasteiger partial charge < -0.3 is 14.2 Å². The predicted octanol–water partition coefficient (Wildman–Crippen LogP) is 3.85. The highest BCUT2D eigenvalue weighted by atomic mass is 19.1. The van der Waals surface area contributed by atoms with Gasteiger partial charge in [-0.25, -0.2) is 14.2 Å². The standard InChI is InChI=1S/C20H14FNO4/c1-12(8-13-6-7-17-18(10-13)25-11-24-17)9-16-20(23)26-19(22-16)14-4-2-3-5-15(14)21/h2-10H,11H2,1H3/b12-8+,16-9-. The van der Waals surface area contributed by atoms with Gasteiger partial charge in [-0.05, 0) is 48.4 Å². The number of ether oxygens (including phenoxy) is 3. The Kier molecular flexibility index (Phi) is 4.01. The molecule has 2 aromatic rings. The first kappa shape index (κ1) is 16.1. The molecule has 2 aliphatic rings. The third-order valence-corrected chi connectivity index (χ3v) is 3.88. The molecule has 0 atom stereocenters. The summed E-state index contributed by atoms with van der Waals surface area (Å²) in [7, 11) is 0. The molecular weight excluding hydrogens is 337 g/mol. The first-order valence-electron chi connectivity index (χ1n) is 7.95. The van der Waals surface area contributed by atoms with Crippen molar-refractivity contribution in [2.45, 2.75) is 6.92 Å². The average Bonchev–Trinajstić information content (AvgIpc) is 3.22. The van der Waals surface area contributed by atoms with Crippen molar-refractivity contribution in [3.8, 4) is 11.5 Å². The van der Waals surface area contributed by atoms with E-state index in [-0.39, 0.29) is 24.0 Å². The number of carbonyl (C=O) groups is 1. The lowest BCUT2D eigenvalue weighted by molar-refractivity contribution is -0.130. The zero-order valence-electron chi connectivity index (χ0n) is 13.9. The smallest absolute Gasteiger partial charge is 0.363 e.